The van der Waals surface area contributed by atoms with Crippen LogP contribution in [0.1, 0.15) is 58.3 Å². The summed E-state index contributed by atoms with van der Waals surface area (Å²) >= 11 is 0. The first-order valence-electron chi connectivity index (χ1n) is 6.70. The van der Waals surface area contributed by atoms with E-state index in [-0.39, 0.29) is 0 Å². The van der Waals surface area contributed by atoms with Crippen LogP contribution in [0.4, 0.5) is 0 Å². The average molecular weight is 210 g/mol. The molecule has 3 N–H and O–H groups in total. The van der Waals surface area contributed by atoms with Gasteiger partial charge in [0, 0.05) is 11.6 Å². The molecule has 0 aromatic carbocycles. The van der Waals surface area contributed by atoms with Gasteiger partial charge in [0.1, 0.15) is 0 Å². The molecule has 0 aromatic rings. The summed E-state index contributed by atoms with van der Waals surface area (Å²) in [5, 5.41) is 3.79. The van der Waals surface area contributed by atoms with E-state index in [2.05, 4.69) is 12.2 Å². The normalized spacial score (nSPS) is 35.6. The van der Waals surface area contributed by atoms with E-state index in [4.69, 9.17) is 5.73 Å². The Morgan fingerprint density at radius 3 is 2.47 bits per heavy atom. The lowest BCUT2D eigenvalue weighted by atomic mass is 9.83. The maximum Gasteiger partial charge on any atom is 0.0153 e. The van der Waals surface area contributed by atoms with Crippen LogP contribution in [-0.4, -0.2) is 18.1 Å². The highest BCUT2D eigenvalue weighted by atomic mass is 15.0. The minimum atomic E-state index is 0.417. The first-order valence-corrected chi connectivity index (χ1v) is 6.70. The van der Waals surface area contributed by atoms with Crippen molar-refractivity contribution in [3.05, 3.63) is 0 Å². The van der Waals surface area contributed by atoms with Gasteiger partial charge in [0.15, 0.2) is 0 Å². The highest BCUT2D eigenvalue weighted by Gasteiger charge is 2.29. The van der Waals surface area contributed by atoms with Gasteiger partial charge in [0.2, 0.25) is 0 Å². The molecule has 0 amide bonds. The van der Waals surface area contributed by atoms with Crippen LogP contribution in [0, 0.1) is 5.92 Å². The lowest BCUT2D eigenvalue weighted by Gasteiger charge is -2.36. The van der Waals surface area contributed by atoms with Gasteiger partial charge in [0.25, 0.3) is 0 Å². The van der Waals surface area contributed by atoms with E-state index in [1.807, 2.05) is 0 Å². The van der Waals surface area contributed by atoms with Crippen LogP contribution in [0.2, 0.25) is 0 Å². The average Bonchev–Trinajstić information content (AvgIpc) is 2.62. The Hall–Kier alpha value is -0.0800. The lowest BCUT2D eigenvalue weighted by molar-refractivity contribution is 0.237. The molecular formula is C13H26N2. The molecule has 2 aliphatic rings. The summed E-state index contributed by atoms with van der Waals surface area (Å²) < 4.78 is 0. The summed E-state index contributed by atoms with van der Waals surface area (Å²) in [7, 11) is 0. The molecule has 2 saturated carbocycles. The van der Waals surface area contributed by atoms with Gasteiger partial charge >= 0.3 is 0 Å². The molecule has 2 atom stereocenters. The maximum absolute atomic E-state index is 6.10. The predicted molar refractivity (Wildman–Crippen MR) is 64.8 cm³/mol. The summed E-state index contributed by atoms with van der Waals surface area (Å²) in [6.45, 7) is 3.55. The van der Waals surface area contributed by atoms with Crippen LogP contribution in [0.25, 0.3) is 0 Å². The first kappa shape index (κ1) is 11.4. The third-order valence-electron chi connectivity index (χ3n) is 4.47. The standard InChI is InChI=1S/C13H26N2/c1-13(8-3-2-4-9-13)15-10-11-6-5-7-12(11)14/h11-12,15H,2-10,14H2,1H3. The predicted octanol–water partition coefficient (Wildman–Crippen LogP) is 2.43. The summed E-state index contributed by atoms with van der Waals surface area (Å²) in [4.78, 5) is 0. The van der Waals surface area contributed by atoms with Crippen molar-refractivity contribution in [2.75, 3.05) is 6.54 Å². The third kappa shape index (κ3) is 2.94. The molecule has 2 aliphatic carbocycles. The zero-order chi connectivity index (χ0) is 10.7. The van der Waals surface area contributed by atoms with Gasteiger partial charge < -0.3 is 11.1 Å². The minimum Gasteiger partial charge on any atom is -0.327 e. The maximum atomic E-state index is 6.10. The minimum absolute atomic E-state index is 0.417. The van der Waals surface area contributed by atoms with Crippen molar-refractivity contribution in [2.45, 2.75) is 69.9 Å². The van der Waals surface area contributed by atoms with Crippen molar-refractivity contribution < 1.29 is 0 Å². The van der Waals surface area contributed by atoms with E-state index in [0.717, 1.165) is 12.5 Å². The van der Waals surface area contributed by atoms with Gasteiger partial charge in [-0.05, 0) is 45.1 Å². The van der Waals surface area contributed by atoms with E-state index in [9.17, 15) is 0 Å². The van der Waals surface area contributed by atoms with E-state index in [1.165, 1.54) is 51.4 Å². The summed E-state index contributed by atoms with van der Waals surface area (Å²) in [6, 6.07) is 0.463. The fourth-order valence-electron chi connectivity index (χ4n) is 3.21. The summed E-state index contributed by atoms with van der Waals surface area (Å²) in [6.07, 6.45) is 10.9. The van der Waals surface area contributed by atoms with Gasteiger partial charge in [-0.2, -0.15) is 0 Å². The molecule has 0 heterocycles. The largest absolute Gasteiger partial charge is 0.327 e. The van der Waals surface area contributed by atoms with Crippen molar-refractivity contribution in [1.29, 1.82) is 0 Å². The van der Waals surface area contributed by atoms with Crippen molar-refractivity contribution in [3.8, 4) is 0 Å². The molecule has 0 spiro atoms. The fourth-order valence-corrected chi connectivity index (χ4v) is 3.21. The second-order valence-corrected chi connectivity index (χ2v) is 5.86. The summed E-state index contributed by atoms with van der Waals surface area (Å²) in [5.41, 5.74) is 6.51. The smallest absolute Gasteiger partial charge is 0.0153 e. The molecule has 2 unspecified atom stereocenters. The Bertz CT molecular complexity index is 197. The fraction of sp³-hybridized carbons (Fsp3) is 1.00. The van der Waals surface area contributed by atoms with Crippen LogP contribution in [0.5, 0.6) is 0 Å². The molecule has 0 saturated heterocycles. The van der Waals surface area contributed by atoms with Crippen LogP contribution in [0.15, 0.2) is 0 Å². The van der Waals surface area contributed by atoms with Crippen molar-refractivity contribution in [3.63, 3.8) is 0 Å². The van der Waals surface area contributed by atoms with E-state index < -0.39 is 0 Å². The number of nitrogens with one attached hydrogen (secondary N) is 1. The summed E-state index contributed by atoms with van der Waals surface area (Å²) in [5.74, 6) is 0.740. The van der Waals surface area contributed by atoms with Gasteiger partial charge in [-0.1, -0.05) is 25.7 Å². The number of nitrogens with two attached hydrogens (primary N) is 1. The monoisotopic (exact) mass is 210 g/mol. The Balaban J connectivity index is 1.76. The molecule has 0 aliphatic heterocycles. The van der Waals surface area contributed by atoms with Gasteiger partial charge in [0.05, 0.1) is 0 Å². The number of hydrogen-bond acceptors (Lipinski definition) is 2. The van der Waals surface area contributed by atoms with Gasteiger partial charge in [-0.15, -0.1) is 0 Å². The molecule has 2 rings (SSSR count). The third-order valence-corrected chi connectivity index (χ3v) is 4.47. The quantitative estimate of drug-likeness (QED) is 0.751. The Kier molecular flexibility index (Phi) is 3.68. The van der Waals surface area contributed by atoms with E-state index in [1.54, 1.807) is 0 Å². The molecule has 88 valence electrons. The van der Waals surface area contributed by atoms with E-state index in [0.29, 0.717) is 11.6 Å². The molecule has 0 aromatic heterocycles. The number of rotatable bonds is 3. The molecule has 15 heavy (non-hydrogen) atoms. The molecule has 0 radical (unpaired) electrons. The molecule has 2 nitrogen and oxygen atoms in total. The van der Waals surface area contributed by atoms with Crippen LogP contribution in [-0.2, 0) is 0 Å². The van der Waals surface area contributed by atoms with Crippen LogP contribution < -0.4 is 11.1 Å². The van der Waals surface area contributed by atoms with Gasteiger partial charge in [-0.3, -0.25) is 0 Å². The van der Waals surface area contributed by atoms with Crippen molar-refractivity contribution in [2.24, 2.45) is 11.7 Å². The molecular weight excluding hydrogens is 184 g/mol. The van der Waals surface area contributed by atoms with Crippen LogP contribution >= 0.6 is 0 Å². The van der Waals surface area contributed by atoms with Crippen molar-refractivity contribution in [1.82, 2.24) is 5.32 Å². The van der Waals surface area contributed by atoms with Crippen LogP contribution in [0.3, 0.4) is 0 Å². The topological polar surface area (TPSA) is 38.0 Å². The highest BCUT2D eigenvalue weighted by Crippen LogP contribution is 2.29. The zero-order valence-electron chi connectivity index (χ0n) is 10.1. The first-order chi connectivity index (χ1) is 7.20. The zero-order valence-corrected chi connectivity index (χ0v) is 10.1. The Morgan fingerprint density at radius 1 is 1.13 bits per heavy atom. The number of hydrogen-bond donors (Lipinski definition) is 2. The van der Waals surface area contributed by atoms with Gasteiger partial charge in [-0.25, -0.2) is 0 Å². The second-order valence-electron chi connectivity index (χ2n) is 5.86. The Morgan fingerprint density at radius 2 is 1.87 bits per heavy atom. The van der Waals surface area contributed by atoms with Crippen molar-refractivity contribution >= 4 is 0 Å². The van der Waals surface area contributed by atoms with E-state index >= 15 is 0 Å². The lowest BCUT2D eigenvalue weighted by Crippen LogP contribution is -2.47. The highest BCUT2D eigenvalue weighted by molar-refractivity contribution is 4.89. The molecule has 2 heteroatoms. The SMILES string of the molecule is CC1(NCC2CCCC2N)CCCCC1. The molecule has 2 fully saturated rings. The Labute approximate surface area is 94.0 Å². The second kappa shape index (κ2) is 4.84. The molecule has 0 bridgehead atoms.